The van der Waals surface area contributed by atoms with E-state index >= 15 is 0 Å². The number of nitrogens with zero attached hydrogens (tertiary/aromatic N) is 1. The third-order valence-corrected chi connectivity index (χ3v) is 3.69. The Labute approximate surface area is 146 Å². The first-order chi connectivity index (χ1) is 12.1. The fourth-order valence-electron chi connectivity index (χ4n) is 2.37. The van der Waals surface area contributed by atoms with Crippen LogP contribution in [0.15, 0.2) is 54.6 Å². The van der Waals surface area contributed by atoms with Gasteiger partial charge >= 0.3 is 5.97 Å². The summed E-state index contributed by atoms with van der Waals surface area (Å²) in [4.78, 5) is 10.1. The summed E-state index contributed by atoms with van der Waals surface area (Å²) in [6.07, 6.45) is 1.78. The number of rotatable bonds is 4. The first-order valence-corrected chi connectivity index (χ1v) is 8.04. The Kier molecular flexibility index (Phi) is 6.96. The molecule has 25 heavy (non-hydrogen) atoms. The molecule has 1 heterocycles. The van der Waals surface area contributed by atoms with Crippen molar-refractivity contribution in [3.63, 3.8) is 0 Å². The van der Waals surface area contributed by atoms with Gasteiger partial charge in [0.15, 0.2) is 0 Å². The van der Waals surface area contributed by atoms with Gasteiger partial charge < -0.3 is 20.9 Å². The predicted octanol–water partition coefficient (Wildman–Crippen LogP) is 2.83. The van der Waals surface area contributed by atoms with Crippen LogP contribution in [0.4, 0.5) is 0 Å². The van der Waals surface area contributed by atoms with Crippen LogP contribution in [0.2, 0.25) is 0 Å². The van der Waals surface area contributed by atoms with Gasteiger partial charge in [0, 0.05) is 0 Å². The largest absolute Gasteiger partial charge is 0.480 e. The molecule has 1 aliphatic heterocycles. The fraction of sp³-hybridized carbons (Fsp3) is 0.263. The molecule has 1 unspecified atom stereocenters. The lowest BCUT2D eigenvalue weighted by molar-refractivity contribution is -0.139. The molecule has 0 spiro atoms. The molecule has 0 saturated carbocycles. The summed E-state index contributed by atoms with van der Waals surface area (Å²) in [6.45, 7) is 0.858. The molecule has 2 aromatic carbocycles. The van der Waals surface area contributed by atoms with Crippen molar-refractivity contribution in [3.05, 3.63) is 60.2 Å². The molecule has 2 atom stereocenters. The van der Waals surface area contributed by atoms with Gasteiger partial charge in [0.25, 0.3) is 0 Å². The Morgan fingerprint density at radius 3 is 2.52 bits per heavy atom. The second-order valence-corrected chi connectivity index (χ2v) is 5.58. The molecular weight excluding hydrogens is 318 g/mol. The first-order valence-electron chi connectivity index (χ1n) is 8.04. The van der Waals surface area contributed by atoms with Crippen molar-refractivity contribution in [1.29, 1.82) is 5.26 Å². The third-order valence-electron chi connectivity index (χ3n) is 3.69. The molecule has 4 N–H and O–H groups in total. The van der Waals surface area contributed by atoms with Crippen LogP contribution >= 0.6 is 0 Å². The number of carboxylic acids is 1. The second-order valence-electron chi connectivity index (χ2n) is 5.58. The lowest BCUT2D eigenvalue weighted by atomic mass is 10.1. The monoisotopic (exact) mass is 339 g/mol. The molecule has 130 valence electrons. The number of carbonyl (C=O) groups is 1. The maximum Gasteiger partial charge on any atom is 0.320 e. The molecule has 0 amide bonds. The van der Waals surface area contributed by atoms with Crippen molar-refractivity contribution in [1.82, 2.24) is 5.32 Å². The average Bonchev–Trinajstić information content (AvgIpc) is 3.18. The number of nitriles is 1. The van der Waals surface area contributed by atoms with Crippen LogP contribution in [0.3, 0.4) is 0 Å². The van der Waals surface area contributed by atoms with Gasteiger partial charge in [-0.15, -0.1) is 0 Å². The number of aliphatic carboxylic acids is 1. The number of ether oxygens (including phenoxy) is 1. The number of nitrogens with one attached hydrogen (secondary N) is 1. The number of para-hydroxylation sites is 1. The van der Waals surface area contributed by atoms with Gasteiger partial charge in [-0.05, 0) is 49.2 Å². The summed E-state index contributed by atoms with van der Waals surface area (Å²) in [6, 6.07) is 17.8. The van der Waals surface area contributed by atoms with E-state index in [9.17, 15) is 4.79 Å². The van der Waals surface area contributed by atoms with Crippen molar-refractivity contribution < 1.29 is 14.6 Å². The minimum Gasteiger partial charge on any atom is -0.480 e. The van der Waals surface area contributed by atoms with Crippen LogP contribution in [0.25, 0.3) is 0 Å². The van der Waals surface area contributed by atoms with Gasteiger partial charge in [0.1, 0.15) is 23.6 Å². The smallest absolute Gasteiger partial charge is 0.320 e. The van der Waals surface area contributed by atoms with E-state index in [1.165, 1.54) is 0 Å². The Bertz CT molecular complexity index is 722. The van der Waals surface area contributed by atoms with E-state index in [2.05, 4.69) is 5.32 Å². The maximum absolute atomic E-state index is 10.1. The Morgan fingerprint density at radius 1 is 1.24 bits per heavy atom. The molecule has 1 aliphatic rings. The fourth-order valence-corrected chi connectivity index (χ4v) is 2.37. The van der Waals surface area contributed by atoms with Crippen LogP contribution < -0.4 is 15.8 Å². The van der Waals surface area contributed by atoms with E-state index in [0.717, 1.165) is 30.7 Å². The van der Waals surface area contributed by atoms with Gasteiger partial charge in [0.2, 0.25) is 0 Å². The molecule has 0 aromatic heterocycles. The standard InChI is InChI=1S/C14H12N2O.C5H9NO2/c15-10-14(16)11-5-4-8-13(9-11)17-12-6-2-1-3-7-12;7-5(8)4-2-1-3-6-4/h1-9,14H,16H2;4,6H,1-3H2,(H,7,8)/t;4-/m.0/s1. The second kappa shape index (κ2) is 9.42. The summed E-state index contributed by atoms with van der Waals surface area (Å²) < 4.78 is 5.65. The summed E-state index contributed by atoms with van der Waals surface area (Å²) in [7, 11) is 0. The SMILES string of the molecule is N#CC(N)c1cccc(Oc2ccccc2)c1.O=C(O)[C@@H]1CCCN1. The van der Waals surface area contributed by atoms with Crippen LogP contribution in [0.5, 0.6) is 11.5 Å². The van der Waals surface area contributed by atoms with Gasteiger partial charge in [0.05, 0.1) is 6.07 Å². The molecule has 1 saturated heterocycles. The average molecular weight is 339 g/mol. The van der Waals surface area contributed by atoms with Gasteiger partial charge in [-0.25, -0.2) is 0 Å². The van der Waals surface area contributed by atoms with Crippen LogP contribution in [-0.4, -0.2) is 23.7 Å². The number of nitrogens with two attached hydrogens (primary N) is 1. The number of hydrogen-bond donors (Lipinski definition) is 3. The van der Waals surface area contributed by atoms with Crippen LogP contribution in [-0.2, 0) is 4.79 Å². The highest BCUT2D eigenvalue weighted by atomic mass is 16.5. The molecule has 0 radical (unpaired) electrons. The van der Waals surface area contributed by atoms with Crippen LogP contribution in [0, 0.1) is 11.3 Å². The summed E-state index contributed by atoms with van der Waals surface area (Å²) >= 11 is 0. The summed E-state index contributed by atoms with van der Waals surface area (Å²) in [5, 5.41) is 20.0. The van der Waals surface area contributed by atoms with Crippen molar-refractivity contribution in [2.75, 3.05) is 6.54 Å². The van der Waals surface area contributed by atoms with E-state index < -0.39 is 12.0 Å². The van der Waals surface area contributed by atoms with Crippen molar-refractivity contribution in [3.8, 4) is 17.6 Å². The lowest BCUT2D eigenvalue weighted by Crippen LogP contribution is -2.29. The lowest BCUT2D eigenvalue weighted by Gasteiger charge is -2.08. The molecule has 0 bridgehead atoms. The molecule has 6 nitrogen and oxygen atoms in total. The van der Waals surface area contributed by atoms with Crippen LogP contribution in [0.1, 0.15) is 24.4 Å². The molecule has 1 fully saturated rings. The quantitative estimate of drug-likeness (QED) is 0.790. The number of carboxylic acid groups (broad SMARTS) is 1. The normalized spacial score (nSPS) is 16.9. The highest BCUT2D eigenvalue weighted by Crippen LogP contribution is 2.23. The first kappa shape index (κ1) is 18.5. The highest BCUT2D eigenvalue weighted by Gasteiger charge is 2.20. The maximum atomic E-state index is 10.1. The Balaban J connectivity index is 0.000000236. The molecule has 6 heteroatoms. The summed E-state index contributed by atoms with van der Waals surface area (Å²) in [5.41, 5.74) is 6.39. The molecular formula is C19H21N3O3. The van der Waals surface area contributed by atoms with Gasteiger partial charge in [-0.3, -0.25) is 4.79 Å². The molecule has 2 aromatic rings. The van der Waals surface area contributed by atoms with E-state index in [4.69, 9.17) is 20.8 Å². The van der Waals surface area contributed by atoms with E-state index in [0.29, 0.717) is 5.75 Å². The zero-order valence-electron chi connectivity index (χ0n) is 13.8. The van der Waals surface area contributed by atoms with Gasteiger partial charge in [-0.1, -0.05) is 30.3 Å². The highest BCUT2D eigenvalue weighted by molar-refractivity contribution is 5.73. The summed E-state index contributed by atoms with van der Waals surface area (Å²) in [5.74, 6) is 0.720. The van der Waals surface area contributed by atoms with Crippen molar-refractivity contribution in [2.24, 2.45) is 5.73 Å². The zero-order valence-corrected chi connectivity index (χ0v) is 13.8. The Hall–Kier alpha value is -2.88. The molecule has 3 rings (SSSR count). The Morgan fingerprint density at radius 2 is 1.96 bits per heavy atom. The molecule has 0 aliphatic carbocycles. The third kappa shape index (κ3) is 5.92. The van der Waals surface area contributed by atoms with E-state index in [1.807, 2.05) is 54.6 Å². The minimum atomic E-state index is -0.720. The van der Waals surface area contributed by atoms with Gasteiger partial charge in [-0.2, -0.15) is 5.26 Å². The number of benzene rings is 2. The zero-order chi connectivity index (χ0) is 18.1. The topological polar surface area (TPSA) is 108 Å². The van der Waals surface area contributed by atoms with E-state index in [-0.39, 0.29) is 6.04 Å². The predicted molar refractivity (Wildman–Crippen MR) is 94.2 cm³/mol. The minimum absolute atomic E-state index is 0.269. The van der Waals surface area contributed by atoms with Crippen molar-refractivity contribution >= 4 is 5.97 Å². The van der Waals surface area contributed by atoms with E-state index in [1.54, 1.807) is 6.07 Å². The van der Waals surface area contributed by atoms with Crippen molar-refractivity contribution in [2.45, 2.75) is 24.9 Å². The number of hydrogen-bond acceptors (Lipinski definition) is 5.